The molecule has 1 saturated heterocycles. The first kappa shape index (κ1) is 8.68. The number of hydrogen-bond donors (Lipinski definition) is 1. The van der Waals surface area contributed by atoms with Crippen molar-refractivity contribution in [3.8, 4) is 11.3 Å². The van der Waals surface area contributed by atoms with Gasteiger partial charge in [0.15, 0.2) is 5.89 Å². The van der Waals surface area contributed by atoms with E-state index in [4.69, 9.17) is 4.42 Å². The summed E-state index contributed by atoms with van der Waals surface area (Å²) >= 11 is 0. The highest BCUT2D eigenvalue weighted by atomic mass is 16.3. The van der Waals surface area contributed by atoms with Crippen molar-refractivity contribution in [3.05, 3.63) is 42.5 Å². The van der Waals surface area contributed by atoms with Gasteiger partial charge in [0.1, 0.15) is 12.0 Å². The third kappa shape index (κ3) is 1.55. The van der Waals surface area contributed by atoms with Crippen LogP contribution >= 0.6 is 0 Å². The molecule has 76 valence electrons. The molecule has 0 aliphatic carbocycles. The number of aromatic nitrogens is 1. The maximum atomic E-state index is 5.47. The van der Waals surface area contributed by atoms with Crippen LogP contribution in [0.15, 0.2) is 41.0 Å². The Balaban J connectivity index is 1.90. The van der Waals surface area contributed by atoms with Gasteiger partial charge < -0.3 is 9.73 Å². The molecule has 1 aromatic heterocycles. The standard InChI is InChI=1S/C12H12N2O/c1-2-4-9(5-3-1)11-8-15-12(14-11)10-6-13-7-10/h1-5,8,10,13H,6-7H2. The summed E-state index contributed by atoms with van der Waals surface area (Å²) in [5.41, 5.74) is 2.04. The van der Waals surface area contributed by atoms with Crippen molar-refractivity contribution in [1.82, 2.24) is 10.3 Å². The third-order valence-corrected chi connectivity index (χ3v) is 2.72. The van der Waals surface area contributed by atoms with Gasteiger partial charge in [0.2, 0.25) is 0 Å². The first-order valence-corrected chi connectivity index (χ1v) is 5.15. The van der Waals surface area contributed by atoms with E-state index in [1.165, 1.54) is 0 Å². The Labute approximate surface area is 88.1 Å². The summed E-state index contributed by atoms with van der Waals surface area (Å²) in [7, 11) is 0. The molecule has 2 aromatic rings. The Hall–Kier alpha value is -1.61. The molecule has 3 heteroatoms. The molecular formula is C12H12N2O. The van der Waals surface area contributed by atoms with Crippen molar-refractivity contribution in [2.24, 2.45) is 0 Å². The zero-order valence-electron chi connectivity index (χ0n) is 8.31. The largest absolute Gasteiger partial charge is 0.448 e. The second-order valence-electron chi connectivity index (χ2n) is 3.79. The van der Waals surface area contributed by atoms with Crippen LogP contribution in [0.2, 0.25) is 0 Å². The van der Waals surface area contributed by atoms with Gasteiger partial charge in [-0.3, -0.25) is 0 Å². The number of rotatable bonds is 2. The van der Waals surface area contributed by atoms with E-state index in [-0.39, 0.29) is 0 Å². The topological polar surface area (TPSA) is 38.1 Å². The van der Waals surface area contributed by atoms with Crippen LogP contribution in [0, 0.1) is 0 Å². The van der Waals surface area contributed by atoms with Crippen LogP contribution in [0.1, 0.15) is 11.8 Å². The molecule has 3 nitrogen and oxygen atoms in total. The molecule has 1 aliphatic rings. The molecule has 0 bridgehead atoms. The fourth-order valence-corrected chi connectivity index (χ4v) is 1.68. The summed E-state index contributed by atoms with van der Waals surface area (Å²) in [5.74, 6) is 1.31. The second-order valence-corrected chi connectivity index (χ2v) is 3.79. The maximum absolute atomic E-state index is 5.47. The van der Waals surface area contributed by atoms with Crippen molar-refractivity contribution in [2.75, 3.05) is 13.1 Å². The Morgan fingerprint density at radius 2 is 2.00 bits per heavy atom. The highest BCUT2D eigenvalue weighted by Gasteiger charge is 2.23. The lowest BCUT2D eigenvalue weighted by atomic mass is 10.0. The number of oxazole rings is 1. The SMILES string of the molecule is c1ccc(-c2coc(C3CNC3)n2)cc1. The Kier molecular flexibility index (Phi) is 2.03. The molecule has 1 aliphatic heterocycles. The predicted octanol–water partition coefficient (Wildman–Crippen LogP) is 2.03. The van der Waals surface area contributed by atoms with E-state index in [0.717, 1.165) is 30.2 Å². The zero-order valence-corrected chi connectivity index (χ0v) is 8.31. The van der Waals surface area contributed by atoms with Crippen molar-refractivity contribution < 1.29 is 4.42 Å². The fourth-order valence-electron chi connectivity index (χ4n) is 1.68. The molecule has 0 unspecified atom stereocenters. The zero-order chi connectivity index (χ0) is 10.1. The maximum Gasteiger partial charge on any atom is 0.200 e. The van der Waals surface area contributed by atoms with Gasteiger partial charge in [-0.2, -0.15) is 0 Å². The van der Waals surface area contributed by atoms with Crippen molar-refractivity contribution in [2.45, 2.75) is 5.92 Å². The molecular weight excluding hydrogens is 188 g/mol. The van der Waals surface area contributed by atoms with E-state index in [0.29, 0.717) is 5.92 Å². The molecule has 0 radical (unpaired) electrons. The minimum Gasteiger partial charge on any atom is -0.448 e. The highest BCUT2D eigenvalue weighted by molar-refractivity contribution is 5.57. The molecule has 0 amide bonds. The smallest absolute Gasteiger partial charge is 0.200 e. The summed E-state index contributed by atoms with van der Waals surface area (Å²) in [4.78, 5) is 4.50. The third-order valence-electron chi connectivity index (χ3n) is 2.72. The van der Waals surface area contributed by atoms with Crippen LogP contribution in [-0.2, 0) is 0 Å². The average Bonchev–Trinajstić information content (AvgIpc) is 2.66. The normalized spacial score (nSPS) is 16.3. The molecule has 0 atom stereocenters. The van der Waals surface area contributed by atoms with E-state index >= 15 is 0 Å². The fraction of sp³-hybridized carbons (Fsp3) is 0.250. The summed E-state index contributed by atoms with van der Waals surface area (Å²) in [5, 5.41) is 3.21. The molecule has 1 fully saturated rings. The molecule has 0 saturated carbocycles. The van der Waals surface area contributed by atoms with Crippen LogP contribution in [0.4, 0.5) is 0 Å². The lowest BCUT2D eigenvalue weighted by molar-refractivity contribution is 0.357. The van der Waals surface area contributed by atoms with Crippen molar-refractivity contribution in [3.63, 3.8) is 0 Å². The highest BCUT2D eigenvalue weighted by Crippen LogP contribution is 2.23. The second kappa shape index (κ2) is 3.51. The van der Waals surface area contributed by atoms with Crippen molar-refractivity contribution >= 4 is 0 Å². The minimum absolute atomic E-state index is 0.461. The monoisotopic (exact) mass is 200 g/mol. The number of hydrogen-bond acceptors (Lipinski definition) is 3. The summed E-state index contributed by atoms with van der Waals surface area (Å²) < 4.78 is 5.47. The van der Waals surface area contributed by atoms with Crippen molar-refractivity contribution in [1.29, 1.82) is 0 Å². The lowest BCUT2D eigenvalue weighted by Gasteiger charge is -2.23. The Morgan fingerprint density at radius 1 is 1.20 bits per heavy atom. The Bertz CT molecular complexity index is 446. The van der Waals surface area contributed by atoms with Gasteiger partial charge in [0, 0.05) is 18.7 Å². The molecule has 0 spiro atoms. The van der Waals surface area contributed by atoms with E-state index in [9.17, 15) is 0 Å². The van der Waals surface area contributed by atoms with Gasteiger partial charge in [-0.15, -0.1) is 0 Å². The molecule has 3 rings (SSSR count). The molecule has 2 heterocycles. The van der Waals surface area contributed by atoms with Crippen LogP contribution in [0.25, 0.3) is 11.3 Å². The predicted molar refractivity (Wildman–Crippen MR) is 57.5 cm³/mol. The summed E-state index contributed by atoms with van der Waals surface area (Å²) in [6.45, 7) is 1.96. The summed E-state index contributed by atoms with van der Waals surface area (Å²) in [6, 6.07) is 10.1. The lowest BCUT2D eigenvalue weighted by Crippen LogP contribution is -2.40. The van der Waals surface area contributed by atoms with E-state index < -0.39 is 0 Å². The van der Waals surface area contributed by atoms with Gasteiger partial charge in [-0.25, -0.2) is 4.98 Å². The van der Waals surface area contributed by atoms with Gasteiger partial charge in [-0.1, -0.05) is 30.3 Å². The van der Waals surface area contributed by atoms with Gasteiger partial charge in [0.25, 0.3) is 0 Å². The summed E-state index contributed by atoms with van der Waals surface area (Å²) in [6.07, 6.45) is 1.74. The quantitative estimate of drug-likeness (QED) is 0.806. The number of nitrogens with zero attached hydrogens (tertiary/aromatic N) is 1. The van der Waals surface area contributed by atoms with E-state index in [2.05, 4.69) is 10.3 Å². The number of benzene rings is 1. The molecule has 15 heavy (non-hydrogen) atoms. The van der Waals surface area contributed by atoms with E-state index in [1.54, 1.807) is 6.26 Å². The first-order valence-electron chi connectivity index (χ1n) is 5.15. The molecule has 1 aromatic carbocycles. The first-order chi connectivity index (χ1) is 7.43. The minimum atomic E-state index is 0.461. The Morgan fingerprint density at radius 3 is 2.67 bits per heavy atom. The van der Waals surface area contributed by atoms with Crippen LogP contribution in [0.3, 0.4) is 0 Å². The van der Waals surface area contributed by atoms with Gasteiger partial charge >= 0.3 is 0 Å². The van der Waals surface area contributed by atoms with E-state index in [1.807, 2.05) is 30.3 Å². The van der Waals surface area contributed by atoms with Crippen LogP contribution in [-0.4, -0.2) is 18.1 Å². The van der Waals surface area contributed by atoms with Crippen LogP contribution < -0.4 is 5.32 Å². The molecule has 1 N–H and O–H groups in total. The average molecular weight is 200 g/mol. The number of nitrogens with one attached hydrogen (secondary N) is 1. The van der Waals surface area contributed by atoms with Gasteiger partial charge in [0.05, 0.1) is 5.92 Å². The van der Waals surface area contributed by atoms with Crippen LogP contribution in [0.5, 0.6) is 0 Å². The van der Waals surface area contributed by atoms with Gasteiger partial charge in [-0.05, 0) is 0 Å².